The molecular formula is C27H47N3O3. The minimum Gasteiger partial charge on any atom is -0.441 e. The van der Waals surface area contributed by atoms with E-state index in [1.165, 1.54) is 58.3 Å². The topological polar surface area (TPSA) is 65.8 Å². The van der Waals surface area contributed by atoms with Crippen molar-refractivity contribution in [3.05, 3.63) is 23.6 Å². The number of rotatable bonds is 18. The van der Waals surface area contributed by atoms with Crippen molar-refractivity contribution in [1.82, 2.24) is 10.2 Å². The number of unbranched alkanes of at least 4 members (excludes halogenated alkanes) is 10. The van der Waals surface area contributed by atoms with Crippen LogP contribution in [0.4, 0.5) is 5.88 Å². The molecule has 0 atom stereocenters. The molecule has 0 fully saturated rings. The second-order valence-electron chi connectivity index (χ2n) is 9.14. The Labute approximate surface area is 201 Å². The van der Waals surface area contributed by atoms with E-state index in [2.05, 4.69) is 19.2 Å². The van der Waals surface area contributed by atoms with E-state index in [1.54, 1.807) is 6.08 Å². The summed E-state index contributed by atoms with van der Waals surface area (Å²) in [6.45, 7) is 7.31. The Morgan fingerprint density at radius 1 is 0.848 bits per heavy atom. The Morgan fingerprint density at radius 2 is 1.36 bits per heavy atom. The smallest absolute Gasteiger partial charge is 0.270 e. The Hall–Kier alpha value is -2.24. The molecular weight excluding hydrogens is 414 g/mol. The van der Waals surface area contributed by atoms with Gasteiger partial charge in [-0.1, -0.05) is 78.1 Å². The molecule has 188 valence electrons. The molecule has 1 rings (SSSR count). The number of hydrogen-bond donors (Lipinski definition) is 1. The largest absolute Gasteiger partial charge is 0.441 e. The Morgan fingerprint density at radius 3 is 1.82 bits per heavy atom. The lowest BCUT2D eigenvalue weighted by atomic mass is 10.1. The van der Waals surface area contributed by atoms with E-state index < -0.39 is 0 Å². The van der Waals surface area contributed by atoms with Gasteiger partial charge in [-0.3, -0.25) is 9.59 Å². The number of hydrogen-bond acceptors (Lipinski definition) is 4. The van der Waals surface area contributed by atoms with Crippen molar-refractivity contribution >= 4 is 23.8 Å². The van der Waals surface area contributed by atoms with Gasteiger partial charge in [-0.15, -0.1) is 0 Å². The van der Waals surface area contributed by atoms with Gasteiger partial charge in [0.05, 0.1) is 0 Å². The van der Waals surface area contributed by atoms with E-state index in [1.807, 2.05) is 36.0 Å². The van der Waals surface area contributed by atoms with E-state index in [0.29, 0.717) is 11.6 Å². The first-order valence-electron chi connectivity index (χ1n) is 12.9. The molecule has 0 saturated carbocycles. The van der Waals surface area contributed by atoms with E-state index >= 15 is 0 Å². The third-order valence-electron chi connectivity index (χ3n) is 5.73. The fraction of sp³-hybridized carbons (Fsp3) is 0.704. The third kappa shape index (κ3) is 12.5. The fourth-order valence-electron chi connectivity index (χ4n) is 3.79. The second kappa shape index (κ2) is 17.3. The van der Waals surface area contributed by atoms with Gasteiger partial charge in [0.1, 0.15) is 11.5 Å². The SMILES string of the molecule is CCCCCCCCN(CCCCCCCC)C(=O)/C(=C/c1ccc(N(C)C)o1)NC(C)=O. The van der Waals surface area contributed by atoms with Crippen LogP contribution >= 0.6 is 0 Å². The van der Waals surface area contributed by atoms with E-state index in [-0.39, 0.29) is 17.5 Å². The third-order valence-corrected chi connectivity index (χ3v) is 5.73. The highest BCUT2D eigenvalue weighted by Crippen LogP contribution is 2.19. The van der Waals surface area contributed by atoms with Crippen LogP contribution in [0, 0.1) is 0 Å². The van der Waals surface area contributed by atoms with E-state index in [4.69, 9.17) is 4.42 Å². The summed E-state index contributed by atoms with van der Waals surface area (Å²) in [5, 5.41) is 2.74. The Bertz CT molecular complexity index is 693. The van der Waals surface area contributed by atoms with Crippen LogP contribution < -0.4 is 10.2 Å². The second-order valence-corrected chi connectivity index (χ2v) is 9.14. The van der Waals surface area contributed by atoms with Gasteiger partial charge in [0.15, 0.2) is 5.88 Å². The number of anilines is 1. The van der Waals surface area contributed by atoms with Crippen molar-refractivity contribution in [2.75, 3.05) is 32.1 Å². The molecule has 1 N–H and O–H groups in total. The van der Waals surface area contributed by atoms with E-state index in [9.17, 15) is 9.59 Å². The molecule has 6 nitrogen and oxygen atoms in total. The predicted molar refractivity (Wildman–Crippen MR) is 138 cm³/mol. The van der Waals surface area contributed by atoms with Crippen LogP contribution in [0.15, 0.2) is 22.2 Å². The van der Waals surface area contributed by atoms with Gasteiger partial charge in [-0.2, -0.15) is 0 Å². The molecule has 0 radical (unpaired) electrons. The molecule has 1 heterocycles. The van der Waals surface area contributed by atoms with Crippen molar-refractivity contribution in [3.63, 3.8) is 0 Å². The summed E-state index contributed by atoms with van der Waals surface area (Å²) in [5.41, 5.74) is 0.277. The monoisotopic (exact) mass is 461 g/mol. The van der Waals surface area contributed by atoms with Crippen molar-refractivity contribution in [2.45, 2.75) is 97.8 Å². The van der Waals surface area contributed by atoms with Gasteiger partial charge in [0.25, 0.3) is 5.91 Å². The van der Waals surface area contributed by atoms with E-state index in [0.717, 1.165) is 38.8 Å². The minimum absolute atomic E-state index is 0.130. The van der Waals surface area contributed by atoms with Gasteiger partial charge in [0, 0.05) is 46.3 Å². The number of carbonyl (C=O) groups excluding carboxylic acids is 2. The summed E-state index contributed by atoms with van der Waals surface area (Å²) in [4.78, 5) is 29.1. The molecule has 6 heteroatoms. The van der Waals surface area contributed by atoms with Crippen LogP contribution in [0.5, 0.6) is 0 Å². The van der Waals surface area contributed by atoms with Crippen LogP contribution in [0.3, 0.4) is 0 Å². The number of amides is 2. The van der Waals surface area contributed by atoms with Crippen LogP contribution in [-0.4, -0.2) is 43.9 Å². The summed E-state index contributed by atoms with van der Waals surface area (Å²) in [5.74, 6) is 0.866. The normalized spacial score (nSPS) is 11.5. The molecule has 0 aliphatic heterocycles. The lowest BCUT2D eigenvalue weighted by molar-refractivity contribution is -0.129. The summed E-state index contributed by atoms with van der Waals surface area (Å²) < 4.78 is 5.79. The maximum absolute atomic E-state index is 13.4. The molecule has 1 aromatic heterocycles. The zero-order chi connectivity index (χ0) is 24.5. The van der Waals surface area contributed by atoms with Crippen LogP contribution in [0.1, 0.15) is 104 Å². The fourth-order valence-corrected chi connectivity index (χ4v) is 3.79. The van der Waals surface area contributed by atoms with Gasteiger partial charge < -0.3 is 19.5 Å². The van der Waals surface area contributed by atoms with Crippen LogP contribution in [-0.2, 0) is 9.59 Å². The highest BCUT2D eigenvalue weighted by molar-refractivity contribution is 6.00. The van der Waals surface area contributed by atoms with Crippen LogP contribution in [0.25, 0.3) is 6.08 Å². The molecule has 0 bridgehead atoms. The lowest BCUT2D eigenvalue weighted by Crippen LogP contribution is -2.39. The van der Waals surface area contributed by atoms with Gasteiger partial charge in [-0.05, 0) is 18.9 Å². The number of carbonyl (C=O) groups is 2. The molecule has 0 aliphatic carbocycles. The molecule has 0 spiro atoms. The molecule has 0 unspecified atom stereocenters. The highest BCUT2D eigenvalue weighted by Gasteiger charge is 2.20. The Balaban J connectivity index is 2.86. The summed E-state index contributed by atoms with van der Waals surface area (Å²) in [7, 11) is 3.80. The highest BCUT2D eigenvalue weighted by atomic mass is 16.4. The zero-order valence-electron chi connectivity index (χ0n) is 21.8. The van der Waals surface area contributed by atoms with Gasteiger partial charge in [0.2, 0.25) is 5.91 Å². The van der Waals surface area contributed by atoms with Crippen LogP contribution in [0.2, 0.25) is 0 Å². The standard InChI is InChI=1S/C27H47N3O3/c1-6-8-10-12-14-16-20-30(21-17-15-13-11-9-7-2)27(32)25(28-23(3)31)22-24-18-19-26(33-24)29(4)5/h18-19,22H,6-17,20-21H2,1-5H3,(H,28,31)/b25-22-. The molecule has 1 aromatic rings. The first-order valence-corrected chi connectivity index (χ1v) is 12.9. The molecule has 33 heavy (non-hydrogen) atoms. The molecule has 0 saturated heterocycles. The summed E-state index contributed by atoms with van der Waals surface area (Å²) in [6, 6.07) is 3.67. The van der Waals surface area contributed by atoms with Gasteiger partial charge in [-0.25, -0.2) is 0 Å². The average molecular weight is 462 g/mol. The molecule has 2 amide bonds. The average Bonchev–Trinajstić information content (AvgIpc) is 3.24. The molecule has 0 aliphatic rings. The van der Waals surface area contributed by atoms with Crippen molar-refractivity contribution in [3.8, 4) is 0 Å². The lowest BCUT2D eigenvalue weighted by Gasteiger charge is -2.24. The summed E-state index contributed by atoms with van der Waals surface area (Å²) in [6.07, 6.45) is 15.8. The summed E-state index contributed by atoms with van der Waals surface area (Å²) >= 11 is 0. The maximum atomic E-state index is 13.4. The first kappa shape index (κ1) is 28.8. The van der Waals surface area contributed by atoms with Crippen molar-refractivity contribution < 1.29 is 14.0 Å². The van der Waals surface area contributed by atoms with Crippen molar-refractivity contribution in [1.29, 1.82) is 0 Å². The van der Waals surface area contributed by atoms with Crippen molar-refractivity contribution in [2.24, 2.45) is 0 Å². The zero-order valence-corrected chi connectivity index (χ0v) is 21.8. The number of nitrogens with zero attached hydrogens (tertiary/aromatic N) is 2. The number of nitrogens with one attached hydrogen (secondary N) is 1. The predicted octanol–water partition coefficient (Wildman–Crippen LogP) is 6.37. The number of furan rings is 1. The Kier molecular flexibility index (Phi) is 15.1. The quantitative estimate of drug-likeness (QED) is 0.204. The van der Waals surface area contributed by atoms with Gasteiger partial charge >= 0.3 is 0 Å². The first-order chi connectivity index (χ1) is 15.9. The minimum atomic E-state index is -0.256. The molecule has 0 aromatic carbocycles. The maximum Gasteiger partial charge on any atom is 0.270 e.